The average molecular weight is 345 g/mol. The molecule has 0 bridgehead atoms. The topological polar surface area (TPSA) is 73.0 Å². The second kappa shape index (κ2) is 6.58. The highest BCUT2D eigenvalue weighted by Gasteiger charge is 2.23. The van der Waals surface area contributed by atoms with E-state index in [0.29, 0.717) is 6.54 Å². The summed E-state index contributed by atoms with van der Waals surface area (Å²) in [6, 6.07) is 9.78. The first-order valence-electron chi connectivity index (χ1n) is 7.45. The zero-order valence-corrected chi connectivity index (χ0v) is 14.4. The summed E-state index contributed by atoms with van der Waals surface area (Å²) in [5.41, 5.74) is 1.90. The first kappa shape index (κ1) is 16.4. The fourth-order valence-electron chi connectivity index (χ4n) is 2.41. The summed E-state index contributed by atoms with van der Waals surface area (Å²) in [5, 5.41) is 8.22. The minimum atomic E-state index is -3.59. The number of hydrogen-bond donors (Lipinski definition) is 0. The Balaban J connectivity index is 1.75. The third kappa shape index (κ3) is 3.55. The summed E-state index contributed by atoms with van der Waals surface area (Å²) in [4.78, 5) is 0.185. The van der Waals surface area contributed by atoms with Crippen LogP contribution >= 0.6 is 0 Å². The molecule has 24 heavy (non-hydrogen) atoms. The predicted molar refractivity (Wildman–Crippen MR) is 89.6 cm³/mol. The Morgan fingerprint density at radius 2 is 1.79 bits per heavy atom. The van der Waals surface area contributed by atoms with Crippen molar-refractivity contribution in [2.75, 3.05) is 7.05 Å². The molecule has 0 atom stereocenters. The molecule has 3 rings (SSSR count). The molecule has 0 amide bonds. The van der Waals surface area contributed by atoms with Gasteiger partial charge in [-0.2, -0.15) is 14.5 Å². The predicted octanol–water partition coefficient (Wildman–Crippen LogP) is 1.49. The van der Waals surface area contributed by atoms with Crippen molar-refractivity contribution < 1.29 is 8.42 Å². The first-order chi connectivity index (χ1) is 11.4. The van der Waals surface area contributed by atoms with Crippen molar-refractivity contribution in [1.29, 1.82) is 0 Å². The molecule has 0 aliphatic carbocycles. The van der Waals surface area contributed by atoms with Crippen LogP contribution < -0.4 is 0 Å². The summed E-state index contributed by atoms with van der Waals surface area (Å²) in [6.45, 7) is 0.794. The maximum absolute atomic E-state index is 12.7. The van der Waals surface area contributed by atoms with Gasteiger partial charge < -0.3 is 0 Å². The Labute approximate surface area is 141 Å². The minimum Gasteiger partial charge on any atom is -0.275 e. The largest absolute Gasteiger partial charge is 0.275 e. The van der Waals surface area contributed by atoms with E-state index in [9.17, 15) is 8.42 Å². The number of nitrogens with zero attached hydrogens (tertiary/aromatic N) is 5. The van der Waals surface area contributed by atoms with E-state index in [1.165, 1.54) is 10.5 Å². The van der Waals surface area contributed by atoms with Crippen LogP contribution in [-0.4, -0.2) is 39.3 Å². The number of aryl methyl sites for hydroxylation is 1. The van der Waals surface area contributed by atoms with Crippen molar-refractivity contribution in [2.45, 2.75) is 18.0 Å². The van der Waals surface area contributed by atoms with Gasteiger partial charge in [0.1, 0.15) is 4.90 Å². The van der Waals surface area contributed by atoms with Gasteiger partial charge in [-0.3, -0.25) is 9.36 Å². The smallest absolute Gasteiger partial charge is 0.246 e. The van der Waals surface area contributed by atoms with E-state index in [4.69, 9.17) is 0 Å². The average Bonchev–Trinajstić information content (AvgIpc) is 3.18. The van der Waals surface area contributed by atoms with Crippen LogP contribution in [0.15, 0.2) is 60.0 Å². The van der Waals surface area contributed by atoms with E-state index in [1.807, 2.05) is 30.3 Å². The van der Waals surface area contributed by atoms with Crippen LogP contribution in [0.5, 0.6) is 0 Å². The van der Waals surface area contributed by atoms with E-state index < -0.39 is 10.0 Å². The molecular formula is C16H19N5O2S. The first-order valence-corrected chi connectivity index (χ1v) is 8.89. The van der Waals surface area contributed by atoms with Crippen LogP contribution in [0.1, 0.15) is 11.1 Å². The molecule has 1 aromatic carbocycles. The fraction of sp³-hybridized carbons (Fsp3) is 0.250. The van der Waals surface area contributed by atoms with E-state index >= 15 is 0 Å². The quantitative estimate of drug-likeness (QED) is 0.678. The molecule has 0 fully saturated rings. The molecule has 2 heterocycles. The standard InChI is InChI=1S/C16H19N5O2S/c1-19-10-15(8-17-19)11-20(2)24(22,23)16-9-18-21(13-16)12-14-6-4-3-5-7-14/h3-10,13H,11-12H2,1-2H3. The highest BCUT2D eigenvalue weighted by Crippen LogP contribution is 2.16. The van der Waals surface area contributed by atoms with Gasteiger partial charge in [-0.1, -0.05) is 30.3 Å². The molecule has 0 saturated carbocycles. The van der Waals surface area contributed by atoms with Crippen LogP contribution in [-0.2, 0) is 30.2 Å². The van der Waals surface area contributed by atoms with Crippen molar-refractivity contribution in [1.82, 2.24) is 23.9 Å². The van der Waals surface area contributed by atoms with Gasteiger partial charge in [0, 0.05) is 38.6 Å². The monoisotopic (exact) mass is 345 g/mol. The molecule has 0 aliphatic rings. The van der Waals surface area contributed by atoms with Gasteiger partial charge in [0.05, 0.1) is 18.9 Å². The van der Waals surface area contributed by atoms with E-state index in [-0.39, 0.29) is 11.4 Å². The molecule has 3 aromatic rings. The van der Waals surface area contributed by atoms with Gasteiger partial charge in [-0.15, -0.1) is 0 Å². The molecule has 0 aliphatic heterocycles. The fourth-order valence-corrected chi connectivity index (χ4v) is 3.52. The minimum absolute atomic E-state index is 0.185. The molecule has 126 valence electrons. The zero-order chi connectivity index (χ0) is 17.2. The van der Waals surface area contributed by atoms with Gasteiger partial charge >= 0.3 is 0 Å². The zero-order valence-electron chi connectivity index (χ0n) is 13.6. The Hall–Kier alpha value is -2.45. The highest BCUT2D eigenvalue weighted by atomic mass is 32.2. The Bertz CT molecular complexity index is 915. The van der Waals surface area contributed by atoms with Crippen LogP contribution in [0.25, 0.3) is 0 Å². The third-order valence-corrected chi connectivity index (χ3v) is 5.42. The number of rotatable bonds is 6. The van der Waals surface area contributed by atoms with E-state index in [2.05, 4.69) is 10.2 Å². The highest BCUT2D eigenvalue weighted by molar-refractivity contribution is 7.89. The van der Waals surface area contributed by atoms with Crippen molar-refractivity contribution in [3.05, 3.63) is 66.2 Å². The van der Waals surface area contributed by atoms with Crippen molar-refractivity contribution in [2.24, 2.45) is 7.05 Å². The summed E-state index contributed by atoms with van der Waals surface area (Å²) in [7, 11) is -0.237. The lowest BCUT2D eigenvalue weighted by atomic mass is 10.2. The number of hydrogen-bond acceptors (Lipinski definition) is 4. The van der Waals surface area contributed by atoms with Crippen molar-refractivity contribution in [3.8, 4) is 0 Å². The molecule has 0 saturated heterocycles. The SMILES string of the molecule is CN(Cc1cnn(C)c1)S(=O)(=O)c1cnn(Cc2ccccc2)c1. The van der Waals surface area contributed by atoms with Crippen LogP contribution in [0.3, 0.4) is 0 Å². The van der Waals surface area contributed by atoms with Crippen LogP contribution in [0, 0.1) is 0 Å². The van der Waals surface area contributed by atoms with Gasteiger partial charge in [-0.05, 0) is 5.56 Å². The van der Waals surface area contributed by atoms with Crippen molar-refractivity contribution >= 4 is 10.0 Å². The molecule has 2 aromatic heterocycles. The Morgan fingerprint density at radius 1 is 1.04 bits per heavy atom. The molecule has 0 unspecified atom stereocenters. The maximum atomic E-state index is 12.7. The van der Waals surface area contributed by atoms with Gasteiger partial charge in [0.25, 0.3) is 0 Å². The molecule has 7 nitrogen and oxygen atoms in total. The normalized spacial score (nSPS) is 12.0. The number of aromatic nitrogens is 4. The van der Waals surface area contributed by atoms with Crippen LogP contribution in [0.2, 0.25) is 0 Å². The molecule has 0 radical (unpaired) electrons. The maximum Gasteiger partial charge on any atom is 0.246 e. The van der Waals surface area contributed by atoms with E-state index in [1.54, 1.807) is 42.0 Å². The second-order valence-electron chi connectivity index (χ2n) is 5.64. The Morgan fingerprint density at radius 3 is 2.46 bits per heavy atom. The Kier molecular flexibility index (Phi) is 4.50. The second-order valence-corrected chi connectivity index (χ2v) is 7.69. The molecular weight excluding hydrogens is 326 g/mol. The van der Waals surface area contributed by atoms with Gasteiger partial charge in [0.2, 0.25) is 10.0 Å². The van der Waals surface area contributed by atoms with Crippen molar-refractivity contribution in [3.63, 3.8) is 0 Å². The van der Waals surface area contributed by atoms with E-state index in [0.717, 1.165) is 11.1 Å². The number of sulfonamides is 1. The molecule has 0 spiro atoms. The number of benzene rings is 1. The third-order valence-electron chi connectivity index (χ3n) is 3.67. The summed E-state index contributed by atoms with van der Waals surface area (Å²) < 4.78 is 29.9. The lowest BCUT2D eigenvalue weighted by Crippen LogP contribution is -2.26. The van der Waals surface area contributed by atoms with Crippen LogP contribution in [0.4, 0.5) is 0 Å². The molecule has 0 N–H and O–H groups in total. The summed E-state index contributed by atoms with van der Waals surface area (Å²) in [6.07, 6.45) is 6.40. The lowest BCUT2D eigenvalue weighted by Gasteiger charge is -2.14. The molecule has 8 heteroatoms. The lowest BCUT2D eigenvalue weighted by molar-refractivity contribution is 0.466. The van der Waals surface area contributed by atoms with Gasteiger partial charge in [0.15, 0.2) is 0 Å². The summed E-state index contributed by atoms with van der Waals surface area (Å²) >= 11 is 0. The summed E-state index contributed by atoms with van der Waals surface area (Å²) in [5.74, 6) is 0. The van der Waals surface area contributed by atoms with Gasteiger partial charge in [-0.25, -0.2) is 8.42 Å².